The minimum Gasteiger partial charge on any atom is -0.477 e. The third kappa shape index (κ3) is 2.29. The molecular weight excluding hydrogens is 307 g/mol. The summed E-state index contributed by atoms with van der Waals surface area (Å²) in [6.07, 6.45) is 2.87. The molecule has 0 radical (unpaired) electrons. The monoisotopic (exact) mass is 323 g/mol. The number of carboxylic acids is 1. The third-order valence-electron chi connectivity index (χ3n) is 4.05. The van der Waals surface area contributed by atoms with Gasteiger partial charge in [0.1, 0.15) is 18.9 Å². The lowest BCUT2D eigenvalue weighted by molar-refractivity contribution is -0.671. The van der Waals surface area contributed by atoms with Crippen LogP contribution >= 0.6 is 11.8 Å². The van der Waals surface area contributed by atoms with E-state index in [2.05, 4.69) is 0 Å². The SMILES string of the molecule is C[C@@H](F)[C@H]1C(=O)N2C(C(=O)O)=C(Sc3cc[n+](C)cc3)C[C@H]12. The Hall–Kier alpha value is -1.89. The number of aromatic nitrogens is 1. The van der Waals surface area contributed by atoms with Gasteiger partial charge in [0.05, 0.1) is 12.0 Å². The molecule has 0 aromatic carbocycles. The van der Waals surface area contributed by atoms with Crippen LogP contribution in [0, 0.1) is 5.92 Å². The van der Waals surface area contributed by atoms with Crippen LogP contribution in [-0.2, 0) is 16.6 Å². The van der Waals surface area contributed by atoms with Gasteiger partial charge in [0.15, 0.2) is 12.4 Å². The van der Waals surface area contributed by atoms with Crippen LogP contribution in [0.5, 0.6) is 0 Å². The van der Waals surface area contributed by atoms with Gasteiger partial charge in [0, 0.05) is 28.4 Å². The van der Waals surface area contributed by atoms with Crippen molar-refractivity contribution in [2.45, 2.75) is 30.5 Å². The standard InChI is InChI=1S/C15H15FN2O3S/c1-8(16)12-10-7-11(13(15(20)21)18(10)14(12)19)22-9-3-5-17(2)6-4-9/h3-6,8,10,12H,7H2,1-2H3/p+1/t8-,10-,12-/m1/s1. The van der Waals surface area contributed by atoms with Gasteiger partial charge in [-0.1, -0.05) is 11.8 Å². The predicted octanol–water partition coefficient (Wildman–Crippen LogP) is 1.49. The minimum atomic E-state index is -1.26. The van der Waals surface area contributed by atoms with E-state index in [1.165, 1.54) is 23.6 Å². The van der Waals surface area contributed by atoms with Gasteiger partial charge >= 0.3 is 5.97 Å². The molecule has 1 aromatic rings. The van der Waals surface area contributed by atoms with E-state index in [-0.39, 0.29) is 11.7 Å². The van der Waals surface area contributed by atoms with Gasteiger partial charge in [-0.15, -0.1) is 0 Å². The molecular formula is C15H16FN2O3S+. The summed E-state index contributed by atoms with van der Waals surface area (Å²) < 4.78 is 15.4. The molecule has 0 bridgehead atoms. The van der Waals surface area contributed by atoms with E-state index in [0.29, 0.717) is 11.3 Å². The number of hydrogen-bond donors (Lipinski definition) is 1. The number of thioether (sulfide) groups is 1. The fourth-order valence-electron chi connectivity index (χ4n) is 2.99. The van der Waals surface area contributed by atoms with Crippen LogP contribution in [0.1, 0.15) is 13.3 Å². The van der Waals surface area contributed by atoms with Gasteiger partial charge in [-0.25, -0.2) is 13.8 Å². The van der Waals surface area contributed by atoms with Crippen molar-refractivity contribution in [3.8, 4) is 0 Å². The third-order valence-corrected chi connectivity index (χ3v) is 5.17. The van der Waals surface area contributed by atoms with Crippen molar-refractivity contribution in [3.05, 3.63) is 35.1 Å². The summed E-state index contributed by atoms with van der Waals surface area (Å²) >= 11 is 1.33. The molecule has 3 atom stereocenters. The average molecular weight is 323 g/mol. The van der Waals surface area contributed by atoms with E-state index in [0.717, 1.165) is 4.90 Å². The lowest BCUT2D eigenvalue weighted by Gasteiger charge is -2.43. The molecule has 5 nitrogen and oxygen atoms in total. The van der Waals surface area contributed by atoms with Gasteiger partial charge in [-0.2, -0.15) is 0 Å². The highest BCUT2D eigenvalue weighted by Gasteiger charge is 2.57. The fraction of sp³-hybridized carbons (Fsp3) is 0.400. The maximum Gasteiger partial charge on any atom is 0.353 e. The minimum absolute atomic E-state index is 0.00475. The number of halogens is 1. The van der Waals surface area contributed by atoms with E-state index in [4.69, 9.17) is 0 Å². The first-order valence-corrected chi connectivity index (χ1v) is 7.78. The number of nitrogens with zero attached hydrogens (tertiary/aromatic N) is 2. The first kappa shape index (κ1) is 15.0. The van der Waals surface area contributed by atoms with Gasteiger partial charge in [-0.3, -0.25) is 4.79 Å². The smallest absolute Gasteiger partial charge is 0.353 e. The van der Waals surface area contributed by atoms with Crippen molar-refractivity contribution >= 4 is 23.6 Å². The van der Waals surface area contributed by atoms with Crippen LogP contribution in [0.4, 0.5) is 4.39 Å². The number of hydrogen-bond acceptors (Lipinski definition) is 3. The Kier molecular flexibility index (Phi) is 3.68. The van der Waals surface area contributed by atoms with E-state index < -0.39 is 24.0 Å². The van der Waals surface area contributed by atoms with Crippen LogP contribution in [0.2, 0.25) is 0 Å². The molecule has 1 amide bonds. The molecule has 2 aliphatic rings. The number of carbonyl (C=O) groups is 2. The number of β-lactam (4-membered cyclic amide) rings is 1. The highest BCUT2D eigenvalue weighted by Crippen LogP contribution is 2.48. The van der Waals surface area contributed by atoms with Crippen molar-refractivity contribution in [1.29, 1.82) is 0 Å². The van der Waals surface area contributed by atoms with Crippen molar-refractivity contribution in [3.63, 3.8) is 0 Å². The average Bonchev–Trinajstić information content (AvgIpc) is 2.75. The van der Waals surface area contributed by atoms with E-state index in [1.807, 2.05) is 36.1 Å². The highest BCUT2D eigenvalue weighted by molar-refractivity contribution is 8.03. The summed E-state index contributed by atoms with van der Waals surface area (Å²) in [5, 5.41) is 9.41. The topological polar surface area (TPSA) is 61.5 Å². The number of aryl methyl sites for hydroxylation is 1. The zero-order valence-corrected chi connectivity index (χ0v) is 13.0. The molecule has 0 aliphatic carbocycles. The molecule has 1 fully saturated rings. The number of pyridine rings is 1. The molecule has 3 heterocycles. The molecule has 1 saturated heterocycles. The lowest BCUT2D eigenvalue weighted by atomic mass is 9.84. The molecule has 116 valence electrons. The molecule has 2 aliphatic heterocycles. The summed E-state index contributed by atoms with van der Waals surface area (Å²) in [4.78, 5) is 26.3. The number of fused-ring (bicyclic) bond motifs is 1. The molecule has 7 heteroatoms. The normalized spacial score (nSPS) is 25.0. The van der Waals surface area contributed by atoms with Crippen LogP contribution in [0.25, 0.3) is 0 Å². The molecule has 0 saturated carbocycles. The van der Waals surface area contributed by atoms with Crippen molar-refractivity contribution in [1.82, 2.24) is 4.90 Å². The van der Waals surface area contributed by atoms with Gasteiger partial charge in [-0.05, 0) is 6.92 Å². The number of aliphatic carboxylic acids is 1. The number of rotatable bonds is 4. The Morgan fingerprint density at radius 3 is 2.68 bits per heavy atom. The Morgan fingerprint density at radius 2 is 2.14 bits per heavy atom. The number of alkyl halides is 1. The second kappa shape index (κ2) is 5.39. The van der Waals surface area contributed by atoms with Crippen LogP contribution in [0.3, 0.4) is 0 Å². The maximum absolute atomic E-state index is 13.5. The molecule has 3 rings (SSSR count). The number of carboxylic acid groups (broad SMARTS) is 1. The number of carbonyl (C=O) groups excluding carboxylic acids is 1. The molecule has 1 aromatic heterocycles. The van der Waals surface area contributed by atoms with Gasteiger partial charge in [0.2, 0.25) is 5.91 Å². The first-order valence-electron chi connectivity index (χ1n) is 6.97. The summed E-state index contributed by atoms with van der Waals surface area (Å²) in [5.41, 5.74) is 0.00475. The van der Waals surface area contributed by atoms with Gasteiger partial charge < -0.3 is 10.0 Å². The van der Waals surface area contributed by atoms with Crippen LogP contribution < -0.4 is 4.57 Å². The van der Waals surface area contributed by atoms with Crippen molar-refractivity contribution < 1.29 is 23.7 Å². The quantitative estimate of drug-likeness (QED) is 0.674. The summed E-state index contributed by atoms with van der Waals surface area (Å²) in [6.45, 7) is 1.35. The molecule has 0 unspecified atom stereocenters. The van der Waals surface area contributed by atoms with Crippen molar-refractivity contribution in [2.24, 2.45) is 13.0 Å². The van der Waals surface area contributed by atoms with Crippen LogP contribution in [-0.4, -0.2) is 34.1 Å². The largest absolute Gasteiger partial charge is 0.477 e. The number of amides is 1. The van der Waals surface area contributed by atoms with E-state index in [9.17, 15) is 19.1 Å². The van der Waals surface area contributed by atoms with E-state index >= 15 is 0 Å². The summed E-state index contributed by atoms with van der Waals surface area (Å²) in [5.74, 6) is -2.28. The van der Waals surface area contributed by atoms with Gasteiger partial charge in [0.25, 0.3) is 0 Å². The Labute approximate surface area is 131 Å². The Morgan fingerprint density at radius 1 is 1.50 bits per heavy atom. The zero-order chi connectivity index (χ0) is 16.0. The maximum atomic E-state index is 13.5. The fourth-order valence-corrected chi connectivity index (χ4v) is 4.07. The van der Waals surface area contributed by atoms with Crippen molar-refractivity contribution in [2.75, 3.05) is 0 Å². The second-order valence-corrected chi connectivity index (χ2v) is 6.73. The lowest BCUT2D eigenvalue weighted by Crippen LogP contribution is -2.61. The van der Waals surface area contributed by atoms with Crippen LogP contribution in [0.15, 0.2) is 40.0 Å². The summed E-state index contributed by atoms with van der Waals surface area (Å²) in [7, 11) is 1.89. The first-order chi connectivity index (χ1) is 10.4. The zero-order valence-electron chi connectivity index (χ0n) is 12.2. The predicted molar refractivity (Wildman–Crippen MR) is 77.4 cm³/mol. The second-order valence-electron chi connectivity index (χ2n) is 5.56. The molecule has 1 N–H and O–H groups in total. The Bertz CT molecular complexity index is 672. The molecule has 0 spiro atoms. The highest BCUT2D eigenvalue weighted by atomic mass is 32.2. The Balaban J connectivity index is 1.88. The summed E-state index contributed by atoms with van der Waals surface area (Å²) in [6, 6.07) is 3.40. The van der Waals surface area contributed by atoms with E-state index in [1.54, 1.807) is 0 Å². The molecule has 22 heavy (non-hydrogen) atoms.